The fourth-order valence-corrected chi connectivity index (χ4v) is 3.69. The molecule has 0 unspecified atom stereocenters. The molecule has 0 radical (unpaired) electrons. The Morgan fingerprint density at radius 1 is 1.07 bits per heavy atom. The van der Waals surface area contributed by atoms with E-state index in [1.165, 1.54) is 26.7 Å². The summed E-state index contributed by atoms with van der Waals surface area (Å²) < 4.78 is 43.2. The maximum absolute atomic E-state index is 15.0. The summed E-state index contributed by atoms with van der Waals surface area (Å²) in [6.07, 6.45) is 5.19. The van der Waals surface area contributed by atoms with Crippen LogP contribution in [0.3, 0.4) is 0 Å². The summed E-state index contributed by atoms with van der Waals surface area (Å²) in [5.41, 5.74) is 0.998. The second kappa shape index (κ2) is 8.09. The number of carboxylic acid groups (broad SMARTS) is 1. The predicted molar refractivity (Wildman–Crippen MR) is 104 cm³/mol. The summed E-state index contributed by atoms with van der Waals surface area (Å²) in [7, 11) is 0. The summed E-state index contributed by atoms with van der Waals surface area (Å²) in [4.78, 5) is 10.7. The summed E-state index contributed by atoms with van der Waals surface area (Å²) in [5.74, 6) is -4.90. The number of carbonyl (C=O) groups is 1. The van der Waals surface area contributed by atoms with E-state index in [1.54, 1.807) is 12.1 Å². The van der Waals surface area contributed by atoms with E-state index in [9.17, 15) is 18.0 Å². The van der Waals surface area contributed by atoms with Crippen molar-refractivity contribution in [1.82, 2.24) is 0 Å². The van der Waals surface area contributed by atoms with Gasteiger partial charge in [-0.1, -0.05) is 25.0 Å². The van der Waals surface area contributed by atoms with Gasteiger partial charge in [-0.3, -0.25) is 0 Å². The van der Waals surface area contributed by atoms with Crippen molar-refractivity contribution in [2.24, 2.45) is 0 Å². The SMILES string of the molecule is Cc1c(F)c(-c2ccc(NC3CCCC3)cc2)c(C)c(F)c1/C=C(\F)C(=O)O. The van der Waals surface area contributed by atoms with E-state index in [0.717, 1.165) is 18.5 Å². The second-order valence-corrected chi connectivity index (χ2v) is 7.17. The molecule has 148 valence electrons. The molecule has 2 aromatic rings. The molecule has 0 amide bonds. The molecule has 0 atom stereocenters. The molecule has 0 saturated heterocycles. The first-order valence-electron chi connectivity index (χ1n) is 9.25. The minimum absolute atomic E-state index is 0.00374. The number of anilines is 1. The van der Waals surface area contributed by atoms with Crippen molar-refractivity contribution < 1.29 is 23.1 Å². The van der Waals surface area contributed by atoms with E-state index in [2.05, 4.69) is 5.32 Å². The Morgan fingerprint density at radius 2 is 1.68 bits per heavy atom. The molecule has 1 aliphatic rings. The van der Waals surface area contributed by atoms with Crippen LogP contribution in [0.25, 0.3) is 17.2 Å². The third kappa shape index (κ3) is 3.91. The van der Waals surface area contributed by atoms with Crippen LogP contribution in [-0.4, -0.2) is 17.1 Å². The first kappa shape index (κ1) is 20.0. The Kier molecular flexibility index (Phi) is 5.77. The van der Waals surface area contributed by atoms with Gasteiger partial charge in [-0.15, -0.1) is 0 Å². The summed E-state index contributed by atoms with van der Waals surface area (Å²) in [5, 5.41) is 12.1. The van der Waals surface area contributed by atoms with Gasteiger partial charge < -0.3 is 10.4 Å². The standard InChI is InChI=1S/C22H22F3NO2/c1-12-17(11-18(23)22(27)28)20(24)13(2)19(21(12)25)14-7-9-16(10-8-14)26-15-5-3-4-6-15/h7-11,15,26H,3-6H2,1-2H3,(H,27,28)/b18-11-. The Bertz CT molecular complexity index is 901. The fourth-order valence-electron chi connectivity index (χ4n) is 3.69. The predicted octanol–water partition coefficient (Wildman–Crippen LogP) is 6.00. The number of carboxylic acids is 1. The molecule has 0 bridgehead atoms. The van der Waals surface area contributed by atoms with Crippen LogP contribution in [0, 0.1) is 25.5 Å². The third-order valence-corrected chi connectivity index (χ3v) is 5.27. The normalized spacial score (nSPS) is 15.1. The highest BCUT2D eigenvalue weighted by Gasteiger charge is 2.22. The molecule has 0 spiro atoms. The molecular weight excluding hydrogens is 367 g/mol. The molecule has 2 aromatic carbocycles. The smallest absolute Gasteiger partial charge is 0.364 e. The molecule has 6 heteroatoms. The van der Waals surface area contributed by atoms with Gasteiger partial charge in [0.2, 0.25) is 5.83 Å². The van der Waals surface area contributed by atoms with E-state index in [-0.39, 0.29) is 16.7 Å². The quantitative estimate of drug-likeness (QED) is 0.617. The minimum atomic E-state index is -1.83. The molecule has 3 nitrogen and oxygen atoms in total. The van der Waals surface area contributed by atoms with Gasteiger partial charge in [0.1, 0.15) is 11.6 Å². The van der Waals surface area contributed by atoms with Crippen molar-refractivity contribution in [2.75, 3.05) is 5.32 Å². The number of hydrogen-bond acceptors (Lipinski definition) is 2. The molecule has 1 aliphatic carbocycles. The highest BCUT2D eigenvalue weighted by molar-refractivity contribution is 5.90. The van der Waals surface area contributed by atoms with Gasteiger partial charge in [0, 0.05) is 22.9 Å². The number of halogens is 3. The molecule has 28 heavy (non-hydrogen) atoms. The largest absolute Gasteiger partial charge is 0.476 e. The van der Waals surface area contributed by atoms with Gasteiger partial charge in [-0.25, -0.2) is 13.6 Å². The van der Waals surface area contributed by atoms with E-state index in [0.29, 0.717) is 17.7 Å². The first-order chi connectivity index (χ1) is 13.3. The molecule has 0 aromatic heterocycles. The van der Waals surface area contributed by atoms with E-state index >= 15 is 0 Å². The first-order valence-corrected chi connectivity index (χ1v) is 9.25. The molecule has 0 heterocycles. The number of nitrogens with one attached hydrogen (secondary N) is 1. The maximum Gasteiger partial charge on any atom is 0.364 e. The molecular formula is C22H22F3NO2. The average molecular weight is 389 g/mol. The van der Waals surface area contributed by atoms with Crippen molar-refractivity contribution >= 4 is 17.7 Å². The van der Waals surface area contributed by atoms with Crippen molar-refractivity contribution in [2.45, 2.75) is 45.6 Å². The molecule has 1 fully saturated rings. The number of benzene rings is 2. The number of hydrogen-bond donors (Lipinski definition) is 2. The molecule has 3 rings (SSSR count). The van der Waals surface area contributed by atoms with E-state index in [4.69, 9.17) is 5.11 Å². The molecule has 2 N–H and O–H groups in total. The molecule has 0 aliphatic heterocycles. The highest BCUT2D eigenvalue weighted by Crippen LogP contribution is 2.35. The Morgan fingerprint density at radius 3 is 2.25 bits per heavy atom. The third-order valence-electron chi connectivity index (χ3n) is 5.27. The van der Waals surface area contributed by atoms with Crippen LogP contribution in [-0.2, 0) is 4.79 Å². The average Bonchev–Trinajstić information content (AvgIpc) is 3.18. The Balaban J connectivity index is 1.98. The lowest BCUT2D eigenvalue weighted by molar-refractivity contribution is -0.134. The van der Waals surface area contributed by atoms with E-state index in [1.807, 2.05) is 12.1 Å². The summed E-state index contributed by atoms with van der Waals surface area (Å²) in [6, 6.07) is 7.54. The van der Waals surface area contributed by atoms with Crippen LogP contribution in [0.5, 0.6) is 0 Å². The maximum atomic E-state index is 15.0. The van der Waals surface area contributed by atoms with Crippen LogP contribution in [0.4, 0.5) is 18.9 Å². The lowest BCUT2D eigenvalue weighted by atomic mass is 9.92. The van der Waals surface area contributed by atoms with Gasteiger partial charge in [0.25, 0.3) is 0 Å². The zero-order valence-corrected chi connectivity index (χ0v) is 15.8. The van der Waals surface area contributed by atoms with Gasteiger partial charge in [-0.05, 0) is 61.6 Å². The Hall–Kier alpha value is -2.76. The highest BCUT2D eigenvalue weighted by atomic mass is 19.1. The Labute approximate surface area is 161 Å². The lowest BCUT2D eigenvalue weighted by Crippen LogP contribution is -2.14. The monoisotopic (exact) mass is 389 g/mol. The van der Waals surface area contributed by atoms with Gasteiger partial charge in [0.05, 0.1) is 0 Å². The van der Waals surface area contributed by atoms with Crippen LogP contribution >= 0.6 is 0 Å². The van der Waals surface area contributed by atoms with Crippen LogP contribution in [0.1, 0.15) is 42.4 Å². The fraction of sp³-hybridized carbons (Fsp3) is 0.318. The van der Waals surface area contributed by atoms with Gasteiger partial charge in [-0.2, -0.15) is 4.39 Å². The van der Waals surface area contributed by atoms with Crippen molar-refractivity contribution in [1.29, 1.82) is 0 Å². The van der Waals surface area contributed by atoms with Crippen molar-refractivity contribution in [3.63, 3.8) is 0 Å². The van der Waals surface area contributed by atoms with Crippen LogP contribution in [0.2, 0.25) is 0 Å². The van der Waals surface area contributed by atoms with E-state index < -0.39 is 29.0 Å². The summed E-state index contributed by atoms with van der Waals surface area (Å²) in [6.45, 7) is 2.70. The minimum Gasteiger partial charge on any atom is -0.476 e. The summed E-state index contributed by atoms with van der Waals surface area (Å²) >= 11 is 0. The van der Waals surface area contributed by atoms with Crippen molar-refractivity contribution in [3.8, 4) is 11.1 Å². The van der Waals surface area contributed by atoms with Gasteiger partial charge in [0.15, 0.2) is 0 Å². The van der Waals surface area contributed by atoms with Crippen LogP contribution < -0.4 is 5.32 Å². The second-order valence-electron chi connectivity index (χ2n) is 7.17. The topological polar surface area (TPSA) is 49.3 Å². The number of rotatable bonds is 5. The number of aliphatic carboxylic acids is 1. The zero-order chi connectivity index (χ0) is 20.4. The van der Waals surface area contributed by atoms with Crippen LogP contribution in [0.15, 0.2) is 30.1 Å². The van der Waals surface area contributed by atoms with Gasteiger partial charge >= 0.3 is 5.97 Å². The zero-order valence-electron chi connectivity index (χ0n) is 15.8. The molecule has 1 saturated carbocycles. The van der Waals surface area contributed by atoms with Crippen molar-refractivity contribution in [3.05, 3.63) is 58.4 Å². The lowest BCUT2D eigenvalue weighted by Gasteiger charge is -2.16.